The number of halogens is 1. The van der Waals surface area contributed by atoms with Gasteiger partial charge in [-0.05, 0) is 19.1 Å². The van der Waals surface area contributed by atoms with Crippen molar-refractivity contribution in [2.45, 2.75) is 17.8 Å². The molecule has 0 atom stereocenters. The van der Waals surface area contributed by atoms with Crippen molar-refractivity contribution in [1.29, 1.82) is 0 Å². The normalized spacial score (nSPS) is 11.1. The predicted octanol–water partition coefficient (Wildman–Crippen LogP) is 2.90. The van der Waals surface area contributed by atoms with Gasteiger partial charge in [-0.15, -0.1) is 5.10 Å². The van der Waals surface area contributed by atoms with E-state index in [1.54, 1.807) is 24.3 Å². The minimum atomic E-state index is -0.0389. The summed E-state index contributed by atoms with van der Waals surface area (Å²) in [6, 6.07) is 6.88. The van der Waals surface area contributed by atoms with Gasteiger partial charge >= 0.3 is 0 Å². The molecule has 7 heteroatoms. The number of para-hydroxylation sites is 1. The number of hydrogen-bond donors (Lipinski definition) is 2. The van der Waals surface area contributed by atoms with Crippen molar-refractivity contribution >= 4 is 34.3 Å². The monoisotopic (exact) mass is 306 g/mol. The Bertz CT molecular complexity index is 827. The summed E-state index contributed by atoms with van der Waals surface area (Å²) in [5, 5.41) is 8.62. The summed E-state index contributed by atoms with van der Waals surface area (Å²) in [5.74, 6) is 1.34. The molecule has 0 saturated heterocycles. The first-order valence-corrected chi connectivity index (χ1v) is 7.32. The third-order valence-corrected chi connectivity index (χ3v) is 4.01. The molecule has 2 heterocycles. The fourth-order valence-electron chi connectivity index (χ4n) is 1.90. The van der Waals surface area contributed by atoms with Gasteiger partial charge in [-0.2, -0.15) is 0 Å². The van der Waals surface area contributed by atoms with Crippen LogP contribution in [0.4, 0.5) is 0 Å². The fourth-order valence-corrected chi connectivity index (χ4v) is 2.87. The summed E-state index contributed by atoms with van der Waals surface area (Å²) in [7, 11) is 0. The Labute approximate surface area is 123 Å². The fraction of sp³-hybridized carbons (Fsp3) is 0.154. The number of aryl methyl sites for hydroxylation is 1. The molecule has 0 radical (unpaired) electrons. The summed E-state index contributed by atoms with van der Waals surface area (Å²) in [6.45, 7) is 1.84. The topological polar surface area (TPSA) is 74.4 Å². The third-order valence-electron chi connectivity index (χ3n) is 2.80. The van der Waals surface area contributed by atoms with E-state index in [2.05, 4.69) is 20.2 Å². The third kappa shape index (κ3) is 2.57. The second-order valence-corrected chi connectivity index (χ2v) is 5.66. The van der Waals surface area contributed by atoms with E-state index in [4.69, 9.17) is 11.6 Å². The van der Waals surface area contributed by atoms with E-state index in [0.29, 0.717) is 26.8 Å². The number of aromatic amines is 2. The van der Waals surface area contributed by atoms with Crippen LogP contribution in [0.2, 0.25) is 5.02 Å². The van der Waals surface area contributed by atoms with Crippen LogP contribution in [-0.2, 0) is 5.75 Å². The van der Waals surface area contributed by atoms with Gasteiger partial charge < -0.3 is 4.98 Å². The molecule has 0 bridgehead atoms. The van der Waals surface area contributed by atoms with Gasteiger partial charge in [0.2, 0.25) is 5.16 Å². The Morgan fingerprint density at radius 1 is 1.40 bits per heavy atom. The highest BCUT2D eigenvalue weighted by Gasteiger charge is 2.07. The van der Waals surface area contributed by atoms with Crippen LogP contribution in [0.3, 0.4) is 0 Å². The first-order valence-electron chi connectivity index (χ1n) is 5.96. The highest BCUT2D eigenvalue weighted by atomic mass is 35.5. The zero-order chi connectivity index (χ0) is 14.1. The Morgan fingerprint density at radius 2 is 2.25 bits per heavy atom. The molecule has 5 nitrogen and oxygen atoms in total. The van der Waals surface area contributed by atoms with E-state index in [1.807, 2.05) is 6.92 Å². The van der Waals surface area contributed by atoms with Crippen LogP contribution in [0.25, 0.3) is 10.9 Å². The number of fused-ring (bicyclic) bond motifs is 1. The molecule has 1 aromatic carbocycles. The first-order chi connectivity index (χ1) is 9.63. The van der Waals surface area contributed by atoms with Gasteiger partial charge in [0.15, 0.2) is 5.43 Å². The molecule has 3 aromatic rings. The predicted molar refractivity (Wildman–Crippen MR) is 80.3 cm³/mol. The summed E-state index contributed by atoms with van der Waals surface area (Å²) in [4.78, 5) is 19.4. The van der Waals surface area contributed by atoms with Crippen LogP contribution in [0, 0.1) is 6.92 Å². The van der Waals surface area contributed by atoms with E-state index >= 15 is 0 Å². The van der Waals surface area contributed by atoms with Crippen molar-refractivity contribution in [2.24, 2.45) is 0 Å². The number of thioether (sulfide) groups is 1. The van der Waals surface area contributed by atoms with E-state index in [-0.39, 0.29) is 5.43 Å². The van der Waals surface area contributed by atoms with Gasteiger partial charge in [0.25, 0.3) is 0 Å². The van der Waals surface area contributed by atoms with E-state index in [0.717, 1.165) is 11.5 Å². The van der Waals surface area contributed by atoms with Crippen LogP contribution in [0.1, 0.15) is 11.5 Å². The largest absolute Gasteiger partial charge is 0.356 e. The number of pyridine rings is 1. The lowest BCUT2D eigenvalue weighted by Crippen LogP contribution is -2.04. The number of H-pyrrole nitrogens is 2. The van der Waals surface area contributed by atoms with Crippen molar-refractivity contribution in [3.63, 3.8) is 0 Å². The zero-order valence-electron chi connectivity index (χ0n) is 10.6. The maximum absolute atomic E-state index is 12.0. The molecule has 20 heavy (non-hydrogen) atoms. The van der Waals surface area contributed by atoms with Gasteiger partial charge in [0.05, 0.1) is 10.5 Å². The Hall–Kier alpha value is -1.79. The van der Waals surface area contributed by atoms with E-state index in [1.165, 1.54) is 11.8 Å². The Kier molecular flexibility index (Phi) is 3.50. The molecule has 0 aliphatic heterocycles. The Balaban J connectivity index is 1.92. The summed E-state index contributed by atoms with van der Waals surface area (Å²) in [5.41, 5.74) is 1.43. The standard InChI is InChI=1S/C13H11ClN4OS/c1-7-15-13(18-17-7)20-6-8-5-11(19)9-3-2-4-10(14)12(9)16-8/h2-5H,6H2,1H3,(H,16,19)(H,15,17,18). The smallest absolute Gasteiger partial charge is 0.208 e. The van der Waals surface area contributed by atoms with Gasteiger partial charge in [0.1, 0.15) is 5.82 Å². The molecule has 0 spiro atoms. The van der Waals surface area contributed by atoms with Crippen molar-refractivity contribution in [1.82, 2.24) is 20.2 Å². The van der Waals surface area contributed by atoms with Crippen molar-refractivity contribution < 1.29 is 0 Å². The summed E-state index contributed by atoms with van der Waals surface area (Å²) >= 11 is 7.57. The lowest BCUT2D eigenvalue weighted by atomic mass is 10.2. The molecule has 0 fully saturated rings. The number of aromatic nitrogens is 4. The molecule has 0 aliphatic rings. The molecule has 0 unspecified atom stereocenters. The van der Waals surface area contributed by atoms with Crippen LogP contribution in [0.15, 0.2) is 34.2 Å². The highest BCUT2D eigenvalue weighted by Crippen LogP contribution is 2.22. The number of hydrogen-bond acceptors (Lipinski definition) is 4. The zero-order valence-corrected chi connectivity index (χ0v) is 12.2. The number of rotatable bonds is 3. The molecular weight excluding hydrogens is 296 g/mol. The van der Waals surface area contributed by atoms with Crippen molar-refractivity contribution in [3.8, 4) is 0 Å². The van der Waals surface area contributed by atoms with Crippen molar-refractivity contribution in [3.05, 3.63) is 51.0 Å². The second kappa shape index (κ2) is 5.30. The average Bonchev–Trinajstić information content (AvgIpc) is 2.84. The number of nitrogens with one attached hydrogen (secondary N) is 2. The quantitative estimate of drug-likeness (QED) is 0.730. The van der Waals surface area contributed by atoms with Gasteiger partial charge in [0, 0.05) is 22.9 Å². The first kappa shape index (κ1) is 13.2. The van der Waals surface area contributed by atoms with Crippen LogP contribution in [0.5, 0.6) is 0 Å². The van der Waals surface area contributed by atoms with Crippen LogP contribution < -0.4 is 5.43 Å². The van der Waals surface area contributed by atoms with Crippen LogP contribution >= 0.6 is 23.4 Å². The Morgan fingerprint density at radius 3 is 3.00 bits per heavy atom. The molecule has 0 aliphatic carbocycles. The maximum atomic E-state index is 12.0. The molecule has 3 rings (SSSR count). The van der Waals surface area contributed by atoms with Crippen molar-refractivity contribution in [2.75, 3.05) is 0 Å². The van der Waals surface area contributed by atoms with Gasteiger partial charge in [-0.25, -0.2) is 4.98 Å². The lowest BCUT2D eigenvalue weighted by Gasteiger charge is -2.04. The number of benzene rings is 1. The second-order valence-electron chi connectivity index (χ2n) is 4.31. The molecule has 2 aromatic heterocycles. The van der Waals surface area contributed by atoms with Gasteiger partial charge in [-0.3, -0.25) is 9.89 Å². The minimum Gasteiger partial charge on any atom is -0.356 e. The van der Waals surface area contributed by atoms with Gasteiger partial charge in [-0.1, -0.05) is 29.4 Å². The lowest BCUT2D eigenvalue weighted by molar-refractivity contribution is 0.968. The minimum absolute atomic E-state index is 0.0389. The van der Waals surface area contributed by atoms with E-state index < -0.39 is 0 Å². The summed E-state index contributed by atoms with van der Waals surface area (Å²) in [6.07, 6.45) is 0. The molecule has 2 N–H and O–H groups in total. The molecule has 0 saturated carbocycles. The average molecular weight is 307 g/mol. The molecule has 102 valence electrons. The van der Waals surface area contributed by atoms with E-state index in [9.17, 15) is 4.79 Å². The maximum Gasteiger partial charge on any atom is 0.208 e. The summed E-state index contributed by atoms with van der Waals surface area (Å²) < 4.78 is 0. The number of nitrogens with zero attached hydrogens (tertiary/aromatic N) is 2. The molecular formula is C13H11ClN4OS. The molecule has 0 amide bonds. The van der Waals surface area contributed by atoms with Crippen LogP contribution in [-0.4, -0.2) is 20.2 Å². The highest BCUT2D eigenvalue weighted by molar-refractivity contribution is 7.98. The SMILES string of the molecule is Cc1nc(SCc2cc(=O)c3cccc(Cl)c3[nH]2)n[nH]1.